The third kappa shape index (κ3) is 4.34. The molecular weight excluding hydrogens is 510 g/mol. The predicted octanol–water partition coefficient (Wildman–Crippen LogP) is 2.93. The number of likely N-dealkylation sites (tertiary alicyclic amines) is 1. The van der Waals surface area contributed by atoms with Crippen molar-refractivity contribution in [1.29, 1.82) is 0 Å². The molecule has 0 radical (unpaired) electrons. The van der Waals surface area contributed by atoms with Gasteiger partial charge in [0.1, 0.15) is 17.4 Å². The van der Waals surface area contributed by atoms with Gasteiger partial charge >= 0.3 is 0 Å². The number of nitrogens with zero attached hydrogens (tertiary/aromatic N) is 3. The van der Waals surface area contributed by atoms with Crippen LogP contribution in [0.5, 0.6) is 5.75 Å². The molecule has 3 amide bonds. The van der Waals surface area contributed by atoms with Crippen LogP contribution >= 0.6 is 0 Å². The second-order valence-corrected chi connectivity index (χ2v) is 11.3. The molecule has 9 heteroatoms. The van der Waals surface area contributed by atoms with Gasteiger partial charge in [0.25, 0.3) is 0 Å². The van der Waals surface area contributed by atoms with Gasteiger partial charge in [0.15, 0.2) is 0 Å². The number of hydrogen-bond acceptors (Lipinski definition) is 6. The Labute approximate surface area is 236 Å². The standard InChI is InChI=1S/C31H41N3O6/c1-5-30-15-9-19-33(22-11-13-23(14-12-22)39-6-2)27(36)24(30)25-28(37)34(17-7-8-20-35)26-29(38)32(21(3)4)18-10-16-31(25,26)40-30/h9-16,21,24-26,35H,5-8,17-20H2,1-4H3/t24-,25+,26?,30+,31+/m1/s1. The van der Waals surface area contributed by atoms with Crippen LogP contribution in [0.2, 0.25) is 0 Å². The van der Waals surface area contributed by atoms with Crippen LogP contribution in [0.4, 0.5) is 5.69 Å². The highest BCUT2D eigenvalue weighted by molar-refractivity contribution is 6.04. The molecule has 5 atom stereocenters. The first-order chi connectivity index (χ1) is 19.2. The zero-order valence-corrected chi connectivity index (χ0v) is 23.9. The summed E-state index contributed by atoms with van der Waals surface area (Å²) in [7, 11) is 0. The van der Waals surface area contributed by atoms with Crippen LogP contribution in [0.15, 0.2) is 48.6 Å². The molecule has 0 bridgehead atoms. The molecule has 0 aliphatic carbocycles. The van der Waals surface area contributed by atoms with E-state index in [1.807, 2.05) is 76.3 Å². The molecule has 0 saturated carbocycles. The molecule has 1 N–H and O–H groups in total. The minimum absolute atomic E-state index is 0.00559. The van der Waals surface area contributed by atoms with Crippen molar-refractivity contribution >= 4 is 23.4 Å². The fraction of sp³-hybridized carbons (Fsp3) is 0.581. The van der Waals surface area contributed by atoms with Crippen molar-refractivity contribution in [3.63, 3.8) is 0 Å². The molecule has 1 unspecified atom stereocenters. The first kappa shape index (κ1) is 28.4. The Morgan fingerprint density at radius 1 is 0.975 bits per heavy atom. The maximum Gasteiger partial charge on any atom is 0.249 e. The summed E-state index contributed by atoms with van der Waals surface area (Å²) in [5.41, 5.74) is -1.57. The number of carbonyl (C=O) groups excluding carboxylic acids is 3. The number of aliphatic hydroxyl groups is 1. The van der Waals surface area contributed by atoms with E-state index in [2.05, 4.69) is 0 Å². The molecule has 4 heterocycles. The summed E-state index contributed by atoms with van der Waals surface area (Å²) in [6, 6.07) is 6.46. The summed E-state index contributed by atoms with van der Waals surface area (Å²) >= 11 is 0. The zero-order valence-electron chi connectivity index (χ0n) is 23.9. The van der Waals surface area contributed by atoms with E-state index in [1.165, 1.54) is 0 Å². The van der Waals surface area contributed by atoms with Crippen LogP contribution < -0.4 is 9.64 Å². The summed E-state index contributed by atoms with van der Waals surface area (Å²) in [5, 5.41) is 9.40. The van der Waals surface area contributed by atoms with Gasteiger partial charge in [-0.3, -0.25) is 14.4 Å². The van der Waals surface area contributed by atoms with Gasteiger partial charge in [-0.25, -0.2) is 0 Å². The quantitative estimate of drug-likeness (QED) is 0.374. The highest BCUT2D eigenvalue weighted by Gasteiger charge is 2.75. The van der Waals surface area contributed by atoms with Crippen molar-refractivity contribution in [3.8, 4) is 5.75 Å². The van der Waals surface area contributed by atoms with Crippen LogP contribution in [0, 0.1) is 11.8 Å². The van der Waals surface area contributed by atoms with E-state index in [0.29, 0.717) is 51.2 Å². The number of ether oxygens (including phenoxy) is 2. The molecule has 4 aliphatic heterocycles. The van der Waals surface area contributed by atoms with Gasteiger partial charge in [0.2, 0.25) is 17.7 Å². The van der Waals surface area contributed by atoms with Crippen molar-refractivity contribution in [3.05, 3.63) is 48.6 Å². The molecule has 2 saturated heterocycles. The molecular formula is C31H41N3O6. The number of unbranched alkanes of at least 4 members (excludes halogenated alkanes) is 1. The first-order valence-corrected chi connectivity index (χ1v) is 14.6. The number of fused-ring (bicyclic) bond motifs is 2. The van der Waals surface area contributed by atoms with Gasteiger partial charge in [-0.2, -0.15) is 0 Å². The Bertz CT molecular complexity index is 1200. The number of amides is 3. The fourth-order valence-corrected chi connectivity index (χ4v) is 7.00. The molecule has 1 aromatic carbocycles. The number of anilines is 1. The summed E-state index contributed by atoms with van der Waals surface area (Å²) in [6.45, 7) is 9.44. The van der Waals surface area contributed by atoms with Crippen LogP contribution in [-0.2, 0) is 19.1 Å². The molecule has 216 valence electrons. The lowest BCUT2D eigenvalue weighted by Gasteiger charge is -2.39. The van der Waals surface area contributed by atoms with Crippen LogP contribution in [0.1, 0.15) is 47.0 Å². The number of rotatable bonds is 9. The summed E-state index contributed by atoms with van der Waals surface area (Å²) in [6.07, 6.45) is 9.25. The average molecular weight is 552 g/mol. The smallest absolute Gasteiger partial charge is 0.249 e. The molecule has 4 aliphatic rings. The van der Waals surface area contributed by atoms with Gasteiger partial charge in [0.05, 0.1) is 24.0 Å². The van der Waals surface area contributed by atoms with Gasteiger partial charge in [-0.05, 0) is 64.3 Å². The Balaban J connectivity index is 1.60. The van der Waals surface area contributed by atoms with E-state index in [0.717, 1.165) is 5.75 Å². The lowest BCUT2D eigenvalue weighted by Crippen LogP contribution is -2.57. The van der Waals surface area contributed by atoms with Crippen molar-refractivity contribution in [2.24, 2.45) is 11.8 Å². The maximum atomic E-state index is 14.5. The Morgan fingerprint density at radius 2 is 1.70 bits per heavy atom. The number of aliphatic hydroxyl groups excluding tert-OH is 1. The SMILES string of the molecule is CCOc1ccc(N2CC=C[C@]3(CC)O[C@]45C=CCN(C(C)C)C(=O)C4N(CCCCO)C(=O)[C@@H]5[C@@H]3C2=O)cc1. The molecule has 1 spiro atoms. The van der Waals surface area contributed by atoms with Gasteiger partial charge in [-0.1, -0.05) is 31.2 Å². The van der Waals surface area contributed by atoms with Gasteiger partial charge < -0.3 is 29.3 Å². The minimum atomic E-state index is -1.26. The van der Waals surface area contributed by atoms with E-state index in [-0.39, 0.29) is 30.4 Å². The molecule has 2 fully saturated rings. The summed E-state index contributed by atoms with van der Waals surface area (Å²) < 4.78 is 12.6. The number of benzene rings is 1. The van der Waals surface area contributed by atoms with Crippen molar-refractivity contribution in [1.82, 2.24) is 9.80 Å². The molecule has 1 aromatic rings. The highest BCUT2D eigenvalue weighted by atomic mass is 16.5. The summed E-state index contributed by atoms with van der Waals surface area (Å²) in [4.78, 5) is 48.1. The molecule has 9 nitrogen and oxygen atoms in total. The zero-order chi connectivity index (χ0) is 28.7. The summed E-state index contributed by atoms with van der Waals surface area (Å²) in [5.74, 6) is -1.51. The number of carbonyl (C=O) groups is 3. The number of hydrogen-bond donors (Lipinski definition) is 1. The van der Waals surface area contributed by atoms with E-state index >= 15 is 0 Å². The normalized spacial score (nSPS) is 31.4. The Hall–Kier alpha value is -3.17. The molecule has 5 rings (SSSR count). The molecule has 0 aromatic heterocycles. The fourth-order valence-electron chi connectivity index (χ4n) is 7.00. The van der Waals surface area contributed by atoms with Crippen LogP contribution in [0.25, 0.3) is 0 Å². The third-order valence-electron chi connectivity index (χ3n) is 8.86. The minimum Gasteiger partial charge on any atom is -0.494 e. The maximum absolute atomic E-state index is 14.5. The lowest BCUT2D eigenvalue weighted by atomic mass is 9.73. The topological polar surface area (TPSA) is 99.6 Å². The third-order valence-corrected chi connectivity index (χ3v) is 8.86. The van der Waals surface area contributed by atoms with Crippen LogP contribution in [0.3, 0.4) is 0 Å². The van der Waals surface area contributed by atoms with E-state index in [9.17, 15) is 19.5 Å². The van der Waals surface area contributed by atoms with E-state index in [4.69, 9.17) is 9.47 Å². The van der Waals surface area contributed by atoms with E-state index < -0.39 is 29.1 Å². The monoisotopic (exact) mass is 551 g/mol. The average Bonchev–Trinajstić information content (AvgIpc) is 3.21. The Kier molecular flexibility index (Phi) is 7.81. The highest BCUT2D eigenvalue weighted by Crippen LogP contribution is 2.58. The predicted molar refractivity (Wildman–Crippen MR) is 151 cm³/mol. The van der Waals surface area contributed by atoms with Gasteiger partial charge in [0, 0.05) is 38.0 Å². The van der Waals surface area contributed by atoms with Crippen molar-refractivity contribution < 1.29 is 29.0 Å². The molecule has 40 heavy (non-hydrogen) atoms. The second-order valence-electron chi connectivity index (χ2n) is 11.3. The Morgan fingerprint density at radius 3 is 2.35 bits per heavy atom. The van der Waals surface area contributed by atoms with Crippen molar-refractivity contribution in [2.75, 3.05) is 37.7 Å². The van der Waals surface area contributed by atoms with Gasteiger partial charge in [-0.15, -0.1) is 0 Å². The first-order valence-electron chi connectivity index (χ1n) is 14.6. The van der Waals surface area contributed by atoms with E-state index in [1.54, 1.807) is 14.7 Å². The van der Waals surface area contributed by atoms with Crippen LogP contribution in [-0.4, -0.2) is 88.8 Å². The second kappa shape index (κ2) is 11.0. The lowest BCUT2D eigenvalue weighted by molar-refractivity contribution is -0.153. The largest absolute Gasteiger partial charge is 0.494 e. The van der Waals surface area contributed by atoms with Crippen molar-refractivity contribution in [2.45, 2.75) is 70.2 Å².